The van der Waals surface area contributed by atoms with Gasteiger partial charge in [-0.2, -0.15) is 0 Å². The van der Waals surface area contributed by atoms with Crippen molar-refractivity contribution in [1.82, 2.24) is 0 Å². The van der Waals surface area contributed by atoms with E-state index in [9.17, 15) is 9.59 Å². The van der Waals surface area contributed by atoms with E-state index >= 15 is 0 Å². The van der Waals surface area contributed by atoms with Crippen LogP contribution in [0.1, 0.15) is 20.7 Å². The summed E-state index contributed by atoms with van der Waals surface area (Å²) in [7, 11) is 0. The molecule has 0 saturated carbocycles. The van der Waals surface area contributed by atoms with Gasteiger partial charge in [-0.3, -0.25) is 9.59 Å². The topological polar surface area (TPSA) is 99.3 Å². The average molecular weight is 204 g/mol. The van der Waals surface area contributed by atoms with Gasteiger partial charge in [0.1, 0.15) is 11.8 Å². The number of hydrogen-bond donors (Lipinski definition) is 2. The molecule has 0 bridgehead atoms. The van der Waals surface area contributed by atoms with Gasteiger partial charge >= 0.3 is 0 Å². The minimum Gasteiger partial charge on any atom is -0.463 e. The third kappa shape index (κ3) is 1.43. The molecule has 2 rings (SSSR count). The number of fused-ring (bicyclic) bond motifs is 1. The molecule has 0 saturated heterocycles. The van der Waals surface area contributed by atoms with Crippen molar-refractivity contribution in [2.75, 3.05) is 0 Å². The molecule has 2 aromatic rings. The van der Waals surface area contributed by atoms with Gasteiger partial charge in [-0.15, -0.1) is 0 Å². The molecule has 1 aromatic heterocycles. The lowest BCUT2D eigenvalue weighted by molar-refractivity contribution is 0.0991. The molecule has 0 radical (unpaired) electrons. The van der Waals surface area contributed by atoms with Crippen LogP contribution in [-0.4, -0.2) is 11.8 Å². The molecule has 1 aromatic carbocycles. The van der Waals surface area contributed by atoms with E-state index in [2.05, 4.69) is 0 Å². The van der Waals surface area contributed by atoms with E-state index in [1.54, 1.807) is 6.07 Å². The monoisotopic (exact) mass is 204 g/mol. The van der Waals surface area contributed by atoms with Crippen LogP contribution in [0.15, 0.2) is 28.9 Å². The Bertz CT molecular complexity index is 557. The molecule has 0 atom stereocenters. The normalized spacial score (nSPS) is 10.4. The zero-order chi connectivity index (χ0) is 11.0. The third-order valence-corrected chi connectivity index (χ3v) is 2.12. The second-order valence-electron chi connectivity index (χ2n) is 3.09. The molecular weight excluding hydrogens is 196 g/mol. The molecule has 5 heteroatoms. The minimum absolute atomic E-state index is 0.244. The standard InChI is InChI=1S/C10H8N2O3/c11-9(13)5-1-2-8-6(3-5)7(4-15-8)10(12)14/h1-4H,(H2,11,13)(H2,12,14). The zero-order valence-corrected chi connectivity index (χ0v) is 7.69. The summed E-state index contributed by atoms with van der Waals surface area (Å²) in [5.74, 6) is -1.16. The summed E-state index contributed by atoms with van der Waals surface area (Å²) in [5, 5.41) is 0.499. The number of nitrogens with two attached hydrogens (primary N) is 2. The predicted molar refractivity (Wildman–Crippen MR) is 53.2 cm³/mol. The van der Waals surface area contributed by atoms with Gasteiger partial charge in [0.05, 0.1) is 5.56 Å². The molecule has 76 valence electrons. The van der Waals surface area contributed by atoms with Crippen molar-refractivity contribution < 1.29 is 14.0 Å². The zero-order valence-electron chi connectivity index (χ0n) is 7.69. The number of carbonyl (C=O) groups is 2. The molecule has 0 fully saturated rings. The van der Waals surface area contributed by atoms with E-state index in [4.69, 9.17) is 15.9 Å². The molecular formula is C10H8N2O3. The van der Waals surface area contributed by atoms with Crippen molar-refractivity contribution in [3.05, 3.63) is 35.6 Å². The number of rotatable bonds is 2. The number of furan rings is 1. The Hall–Kier alpha value is -2.30. The summed E-state index contributed by atoms with van der Waals surface area (Å²) in [4.78, 5) is 21.9. The van der Waals surface area contributed by atoms with E-state index in [1.165, 1.54) is 18.4 Å². The highest BCUT2D eigenvalue weighted by Crippen LogP contribution is 2.21. The highest BCUT2D eigenvalue weighted by atomic mass is 16.3. The van der Waals surface area contributed by atoms with Crippen LogP contribution < -0.4 is 11.5 Å². The van der Waals surface area contributed by atoms with Crippen LogP contribution in [0.25, 0.3) is 11.0 Å². The molecule has 4 N–H and O–H groups in total. The summed E-state index contributed by atoms with van der Waals surface area (Å²) >= 11 is 0. The molecule has 0 aliphatic rings. The molecule has 0 unspecified atom stereocenters. The molecule has 0 spiro atoms. The number of primary amides is 2. The highest BCUT2D eigenvalue weighted by molar-refractivity contribution is 6.07. The van der Waals surface area contributed by atoms with Crippen LogP contribution in [0.4, 0.5) is 0 Å². The van der Waals surface area contributed by atoms with Crippen molar-refractivity contribution in [3.8, 4) is 0 Å². The van der Waals surface area contributed by atoms with Crippen molar-refractivity contribution in [3.63, 3.8) is 0 Å². The van der Waals surface area contributed by atoms with Gasteiger partial charge in [0.25, 0.3) is 5.91 Å². The van der Waals surface area contributed by atoms with Crippen LogP contribution >= 0.6 is 0 Å². The minimum atomic E-state index is -0.602. The van der Waals surface area contributed by atoms with Gasteiger partial charge in [0.2, 0.25) is 5.91 Å². The first kappa shape index (κ1) is 9.26. The van der Waals surface area contributed by atoms with Gasteiger partial charge in [-0.25, -0.2) is 0 Å². The second kappa shape index (κ2) is 3.13. The highest BCUT2D eigenvalue weighted by Gasteiger charge is 2.12. The Morgan fingerprint density at radius 1 is 1.13 bits per heavy atom. The van der Waals surface area contributed by atoms with Crippen LogP contribution in [0.2, 0.25) is 0 Å². The summed E-state index contributed by atoms with van der Waals surface area (Å²) in [6.45, 7) is 0. The number of carbonyl (C=O) groups excluding carboxylic acids is 2. The molecule has 1 heterocycles. The Labute approximate surface area is 84.6 Å². The summed E-state index contributed by atoms with van der Waals surface area (Å²) in [6, 6.07) is 4.59. The maximum absolute atomic E-state index is 11.0. The van der Waals surface area contributed by atoms with Crippen LogP contribution in [0.3, 0.4) is 0 Å². The van der Waals surface area contributed by atoms with E-state index in [0.29, 0.717) is 16.5 Å². The van der Waals surface area contributed by atoms with Gasteiger partial charge in [-0.1, -0.05) is 0 Å². The fourth-order valence-electron chi connectivity index (χ4n) is 1.37. The Morgan fingerprint density at radius 2 is 1.87 bits per heavy atom. The number of hydrogen-bond acceptors (Lipinski definition) is 3. The van der Waals surface area contributed by atoms with Gasteiger partial charge in [-0.05, 0) is 18.2 Å². The molecule has 0 aliphatic carbocycles. The smallest absolute Gasteiger partial charge is 0.252 e. The lowest BCUT2D eigenvalue weighted by atomic mass is 10.1. The summed E-state index contributed by atoms with van der Waals surface area (Å²) < 4.78 is 5.09. The number of amides is 2. The summed E-state index contributed by atoms with van der Waals surface area (Å²) in [6.07, 6.45) is 1.26. The van der Waals surface area contributed by atoms with Crippen molar-refractivity contribution in [2.45, 2.75) is 0 Å². The Balaban J connectivity index is 2.72. The first-order valence-electron chi connectivity index (χ1n) is 4.20. The molecule has 2 amide bonds. The summed E-state index contributed by atoms with van der Waals surface area (Å²) in [5.41, 5.74) is 11.3. The predicted octanol–water partition coefficient (Wildman–Crippen LogP) is 0.631. The van der Waals surface area contributed by atoms with E-state index in [1.807, 2.05) is 0 Å². The van der Waals surface area contributed by atoms with E-state index < -0.39 is 11.8 Å². The molecule has 0 aliphatic heterocycles. The van der Waals surface area contributed by atoms with Crippen LogP contribution in [-0.2, 0) is 0 Å². The first-order valence-corrected chi connectivity index (χ1v) is 4.20. The lowest BCUT2D eigenvalue weighted by Crippen LogP contribution is -2.12. The van der Waals surface area contributed by atoms with E-state index in [-0.39, 0.29) is 5.56 Å². The largest absolute Gasteiger partial charge is 0.463 e. The maximum Gasteiger partial charge on any atom is 0.252 e. The van der Waals surface area contributed by atoms with Gasteiger partial charge < -0.3 is 15.9 Å². The number of benzene rings is 1. The molecule has 5 nitrogen and oxygen atoms in total. The van der Waals surface area contributed by atoms with E-state index in [0.717, 1.165) is 0 Å². The lowest BCUT2D eigenvalue weighted by Gasteiger charge is -1.95. The Morgan fingerprint density at radius 3 is 2.47 bits per heavy atom. The fourth-order valence-corrected chi connectivity index (χ4v) is 1.37. The van der Waals surface area contributed by atoms with Crippen molar-refractivity contribution in [1.29, 1.82) is 0 Å². The maximum atomic E-state index is 11.0. The van der Waals surface area contributed by atoms with Gasteiger partial charge in [0, 0.05) is 10.9 Å². The van der Waals surface area contributed by atoms with Gasteiger partial charge in [0.15, 0.2) is 0 Å². The average Bonchev–Trinajstić information content (AvgIpc) is 2.59. The third-order valence-electron chi connectivity index (χ3n) is 2.12. The fraction of sp³-hybridized carbons (Fsp3) is 0. The van der Waals surface area contributed by atoms with Crippen molar-refractivity contribution in [2.24, 2.45) is 11.5 Å². The Kier molecular flexibility index (Phi) is 1.93. The first-order chi connectivity index (χ1) is 7.09. The second-order valence-corrected chi connectivity index (χ2v) is 3.09. The van der Waals surface area contributed by atoms with Crippen LogP contribution in [0, 0.1) is 0 Å². The SMILES string of the molecule is NC(=O)c1ccc2occ(C(N)=O)c2c1. The van der Waals surface area contributed by atoms with Crippen molar-refractivity contribution >= 4 is 22.8 Å². The quantitative estimate of drug-likeness (QED) is 0.750. The van der Waals surface area contributed by atoms with Crippen LogP contribution in [0.5, 0.6) is 0 Å². The molecule has 15 heavy (non-hydrogen) atoms.